The van der Waals surface area contributed by atoms with E-state index in [1.54, 1.807) is 24.4 Å². The topological polar surface area (TPSA) is 97.7 Å². The number of pyridine rings is 1. The van der Waals surface area contributed by atoms with Crippen LogP contribution in [0.25, 0.3) is 11.4 Å². The van der Waals surface area contributed by atoms with Crippen molar-refractivity contribution in [1.29, 1.82) is 0 Å². The number of benzene rings is 1. The van der Waals surface area contributed by atoms with Gasteiger partial charge in [-0.05, 0) is 23.8 Å². The number of H-pyrrole nitrogens is 1. The molecule has 25 heavy (non-hydrogen) atoms. The average Bonchev–Trinajstić information content (AvgIpc) is 3.03. The fourth-order valence-corrected chi connectivity index (χ4v) is 2.95. The van der Waals surface area contributed by atoms with E-state index in [1.807, 2.05) is 0 Å². The summed E-state index contributed by atoms with van der Waals surface area (Å²) in [6.07, 6.45) is 2.59. The summed E-state index contributed by atoms with van der Waals surface area (Å²) in [6.45, 7) is 0.271. The number of nitrogens with one attached hydrogen (secondary N) is 1. The minimum atomic E-state index is -3.49. The number of halogens is 2. The standard InChI is InChI=1S/C15H12Cl2N4O3S/c1-25(23,24)15-18-14(19-20-15)10-3-5-13(22)21(8-10)7-9-2-4-11(16)12(17)6-9/h2-6,8H,7H2,1H3,(H,18,19,20). The number of hydrogen-bond acceptors (Lipinski definition) is 5. The highest BCUT2D eigenvalue weighted by atomic mass is 35.5. The van der Waals surface area contributed by atoms with E-state index in [9.17, 15) is 13.2 Å². The maximum Gasteiger partial charge on any atom is 0.250 e. The number of rotatable bonds is 4. The van der Waals surface area contributed by atoms with E-state index in [0.29, 0.717) is 15.6 Å². The molecule has 0 saturated heterocycles. The zero-order valence-corrected chi connectivity index (χ0v) is 15.2. The minimum absolute atomic E-state index is 0.184. The smallest absolute Gasteiger partial charge is 0.250 e. The van der Waals surface area contributed by atoms with Crippen molar-refractivity contribution in [2.45, 2.75) is 11.7 Å². The fraction of sp³-hybridized carbons (Fsp3) is 0.133. The van der Waals surface area contributed by atoms with Crippen molar-refractivity contribution in [1.82, 2.24) is 19.7 Å². The molecule has 0 fully saturated rings. The predicted octanol–water partition coefficient (Wildman–Crippen LogP) is 2.39. The van der Waals surface area contributed by atoms with Crippen molar-refractivity contribution in [3.63, 3.8) is 0 Å². The van der Waals surface area contributed by atoms with Crippen LogP contribution in [0.1, 0.15) is 5.56 Å². The Morgan fingerprint density at radius 3 is 2.56 bits per heavy atom. The zero-order valence-electron chi connectivity index (χ0n) is 12.9. The van der Waals surface area contributed by atoms with Gasteiger partial charge in [-0.15, -0.1) is 0 Å². The molecule has 0 amide bonds. The van der Waals surface area contributed by atoms with Crippen molar-refractivity contribution in [3.8, 4) is 11.4 Å². The third-order valence-corrected chi connectivity index (χ3v) is 5.02. The van der Waals surface area contributed by atoms with E-state index in [4.69, 9.17) is 23.2 Å². The van der Waals surface area contributed by atoms with Crippen LogP contribution in [0.15, 0.2) is 46.5 Å². The van der Waals surface area contributed by atoms with Gasteiger partial charge in [-0.3, -0.25) is 4.79 Å². The van der Waals surface area contributed by atoms with Crippen LogP contribution in [-0.4, -0.2) is 34.4 Å². The Balaban J connectivity index is 1.96. The highest BCUT2D eigenvalue weighted by molar-refractivity contribution is 7.90. The molecule has 10 heteroatoms. The first-order chi connectivity index (χ1) is 11.7. The van der Waals surface area contributed by atoms with Gasteiger partial charge in [0.15, 0.2) is 5.82 Å². The summed E-state index contributed by atoms with van der Waals surface area (Å²) >= 11 is 11.9. The molecule has 2 aromatic heterocycles. The molecule has 0 spiro atoms. The molecule has 0 aliphatic heterocycles. The van der Waals surface area contributed by atoms with Gasteiger partial charge in [0.2, 0.25) is 15.0 Å². The molecule has 0 saturated carbocycles. The molecule has 0 radical (unpaired) electrons. The molecule has 130 valence electrons. The van der Waals surface area contributed by atoms with Gasteiger partial charge < -0.3 is 4.57 Å². The summed E-state index contributed by atoms with van der Waals surface area (Å²) < 4.78 is 24.4. The number of hydrogen-bond donors (Lipinski definition) is 1. The maximum absolute atomic E-state index is 12.1. The van der Waals surface area contributed by atoms with E-state index in [2.05, 4.69) is 15.2 Å². The van der Waals surface area contributed by atoms with Crippen LogP contribution >= 0.6 is 23.2 Å². The second kappa shape index (κ2) is 6.62. The van der Waals surface area contributed by atoms with Crippen LogP contribution in [0.4, 0.5) is 0 Å². The summed E-state index contributed by atoms with van der Waals surface area (Å²) in [5.74, 6) is 0.184. The van der Waals surface area contributed by atoms with Crippen LogP contribution in [0.2, 0.25) is 10.0 Å². The molecular formula is C15H12Cl2N4O3S. The van der Waals surface area contributed by atoms with E-state index < -0.39 is 9.84 Å². The summed E-state index contributed by atoms with van der Waals surface area (Å²) in [5.41, 5.74) is 1.07. The third kappa shape index (κ3) is 3.92. The van der Waals surface area contributed by atoms with E-state index in [0.717, 1.165) is 11.8 Å². The Bertz CT molecular complexity index is 1110. The number of nitrogens with zero attached hydrogens (tertiary/aromatic N) is 3. The minimum Gasteiger partial charge on any atom is -0.310 e. The molecule has 0 bridgehead atoms. The van der Waals surface area contributed by atoms with Crippen molar-refractivity contribution in [3.05, 3.63) is 62.5 Å². The highest BCUT2D eigenvalue weighted by Gasteiger charge is 2.15. The largest absolute Gasteiger partial charge is 0.310 e. The Hall–Kier alpha value is -2.16. The Morgan fingerprint density at radius 1 is 1.16 bits per heavy atom. The van der Waals surface area contributed by atoms with E-state index in [-0.39, 0.29) is 23.1 Å². The summed E-state index contributed by atoms with van der Waals surface area (Å²) in [7, 11) is -3.49. The average molecular weight is 399 g/mol. The van der Waals surface area contributed by atoms with Gasteiger partial charge in [0.05, 0.1) is 16.6 Å². The SMILES string of the molecule is CS(=O)(=O)c1nc(-c2ccc(=O)n(Cc3ccc(Cl)c(Cl)c3)c2)n[nH]1. The van der Waals surface area contributed by atoms with Crippen LogP contribution in [-0.2, 0) is 16.4 Å². The molecule has 0 aliphatic carbocycles. The lowest BCUT2D eigenvalue weighted by Crippen LogP contribution is -2.19. The molecule has 1 aromatic carbocycles. The monoisotopic (exact) mass is 398 g/mol. The lowest BCUT2D eigenvalue weighted by Gasteiger charge is -2.08. The lowest BCUT2D eigenvalue weighted by molar-refractivity contribution is 0.594. The van der Waals surface area contributed by atoms with Gasteiger partial charge in [0.25, 0.3) is 5.56 Å². The van der Waals surface area contributed by atoms with Gasteiger partial charge >= 0.3 is 0 Å². The van der Waals surface area contributed by atoms with Crippen LogP contribution in [0.3, 0.4) is 0 Å². The van der Waals surface area contributed by atoms with Crippen molar-refractivity contribution in [2.75, 3.05) is 6.26 Å². The first-order valence-electron chi connectivity index (χ1n) is 7.01. The van der Waals surface area contributed by atoms with Gasteiger partial charge in [-0.1, -0.05) is 29.3 Å². The molecule has 1 N–H and O–H groups in total. The molecule has 0 aliphatic rings. The number of aromatic amines is 1. The van der Waals surface area contributed by atoms with Crippen molar-refractivity contribution < 1.29 is 8.42 Å². The molecule has 0 unspecified atom stereocenters. The van der Waals surface area contributed by atoms with Crippen LogP contribution < -0.4 is 5.56 Å². The van der Waals surface area contributed by atoms with Gasteiger partial charge in [-0.2, -0.15) is 10.1 Å². The Labute approximate surface area is 153 Å². The molecule has 3 aromatic rings. The van der Waals surface area contributed by atoms with Crippen molar-refractivity contribution in [2.24, 2.45) is 0 Å². The Kier molecular flexibility index (Phi) is 4.68. The molecule has 2 heterocycles. The number of sulfone groups is 1. The summed E-state index contributed by atoms with van der Waals surface area (Å²) in [4.78, 5) is 16.0. The first kappa shape index (κ1) is 17.7. The summed E-state index contributed by atoms with van der Waals surface area (Å²) in [5, 5.41) is 6.86. The molecule has 0 atom stereocenters. The number of aromatic nitrogens is 4. The molecule has 7 nitrogen and oxygen atoms in total. The lowest BCUT2D eigenvalue weighted by atomic mass is 10.2. The van der Waals surface area contributed by atoms with E-state index in [1.165, 1.54) is 16.7 Å². The van der Waals surface area contributed by atoms with Crippen LogP contribution in [0.5, 0.6) is 0 Å². The predicted molar refractivity (Wildman–Crippen MR) is 94.8 cm³/mol. The molecule has 3 rings (SSSR count). The Morgan fingerprint density at radius 2 is 1.92 bits per heavy atom. The van der Waals surface area contributed by atoms with Crippen LogP contribution in [0, 0.1) is 0 Å². The second-order valence-corrected chi connectivity index (χ2v) is 8.11. The first-order valence-corrected chi connectivity index (χ1v) is 9.66. The maximum atomic E-state index is 12.1. The van der Waals surface area contributed by atoms with Gasteiger partial charge in [-0.25, -0.2) is 13.5 Å². The van der Waals surface area contributed by atoms with Gasteiger partial charge in [0, 0.05) is 24.1 Å². The summed E-state index contributed by atoms with van der Waals surface area (Å²) in [6, 6.07) is 7.99. The fourth-order valence-electron chi connectivity index (χ4n) is 2.16. The quantitative estimate of drug-likeness (QED) is 0.727. The van der Waals surface area contributed by atoms with Gasteiger partial charge in [0.1, 0.15) is 0 Å². The molecular weight excluding hydrogens is 387 g/mol. The highest BCUT2D eigenvalue weighted by Crippen LogP contribution is 2.23. The third-order valence-electron chi connectivity index (χ3n) is 3.39. The zero-order chi connectivity index (χ0) is 18.2. The second-order valence-electron chi connectivity index (χ2n) is 5.37. The normalized spacial score (nSPS) is 11.6. The van der Waals surface area contributed by atoms with E-state index >= 15 is 0 Å². The van der Waals surface area contributed by atoms with Crippen molar-refractivity contribution >= 4 is 33.0 Å².